The van der Waals surface area contributed by atoms with Crippen molar-refractivity contribution >= 4 is 37.5 Å². The topological polar surface area (TPSA) is 52.6 Å². The standard InChI is InChI=1S/C21H22O4S/c1-13-14(2)21-17(20(23)16-8-4-5-9-19(16)26-21)12-18(13)25-11-7-6-10-24-15(3)22/h4-5,8-9,12H,6-7,10-11H2,1-3H3. The van der Waals surface area contributed by atoms with E-state index in [-0.39, 0.29) is 11.4 Å². The number of aryl methyl sites for hydroxylation is 1. The van der Waals surface area contributed by atoms with Gasteiger partial charge in [0, 0.05) is 27.1 Å². The molecule has 0 amide bonds. The number of hydrogen-bond donors (Lipinski definition) is 0. The Bertz CT molecular complexity index is 1020. The smallest absolute Gasteiger partial charge is 0.302 e. The normalized spacial score (nSPS) is 11.0. The Morgan fingerprint density at radius 3 is 2.54 bits per heavy atom. The van der Waals surface area contributed by atoms with Crippen LogP contribution in [0.25, 0.3) is 20.2 Å². The molecule has 0 bridgehead atoms. The second-order valence-corrected chi connectivity index (χ2v) is 7.38. The molecule has 0 fully saturated rings. The summed E-state index contributed by atoms with van der Waals surface area (Å²) in [6, 6.07) is 9.58. The van der Waals surface area contributed by atoms with Crippen LogP contribution in [0.1, 0.15) is 30.9 Å². The molecule has 136 valence electrons. The predicted molar refractivity (Wildman–Crippen MR) is 106 cm³/mol. The van der Waals surface area contributed by atoms with Gasteiger partial charge in [0.1, 0.15) is 5.75 Å². The largest absolute Gasteiger partial charge is 0.493 e. The van der Waals surface area contributed by atoms with E-state index in [9.17, 15) is 9.59 Å². The summed E-state index contributed by atoms with van der Waals surface area (Å²) in [5, 5.41) is 1.47. The first-order chi connectivity index (χ1) is 12.5. The summed E-state index contributed by atoms with van der Waals surface area (Å²) in [5.41, 5.74) is 2.20. The monoisotopic (exact) mass is 370 g/mol. The van der Waals surface area contributed by atoms with Gasteiger partial charge in [-0.05, 0) is 56.0 Å². The van der Waals surface area contributed by atoms with Gasteiger partial charge in [0.25, 0.3) is 0 Å². The van der Waals surface area contributed by atoms with Crippen LogP contribution in [0.3, 0.4) is 0 Å². The highest BCUT2D eigenvalue weighted by Crippen LogP contribution is 2.33. The molecular formula is C21H22O4S. The van der Waals surface area contributed by atoms with E-state index in [1.54, 1.807) is 11.3 Å². The number of esters is 1. The fourth-order valence-electron chi connectivity index (χ4n) is 2.91. The highest BCUT2D eigenvalue weighted by Gasteiger charge is 2.13. The van der Waals surface area contributed by atoms with E-state index in [0.717, 1.165) is 44.5 Å². The van der Waals surface area contributed by atoms with Gasteiger partial charge in [-0.15, -0.1) is 11.3 Å². The first-order valence-electron chi connectivity index (χ1n) is 8.71. The lowest BCUT2D eigenvalue weighted by Gasteiger charge is -2.14. The molecule has 0 spiro atoms. The predicted octanol–water partition coefficient (Wildman–Crippen LogP) is 4.75. The summed E-state index contributed by atoms with van der Waals surface area (Å²) in [5.74, 6) is 0.491. The molecule has 0 aliphatic heterocycles. The Hall–Kier alpha value is -2.40. The fraction of sp³-hybridized carbons (Fsp3) is 0.333. The van der Waals surface area contributed by atoms with Gasteiger partial charge in [0.15, 0.2) is 5.43 Å². The zero-order valence-electron chi connectivity index (χ0n) is 15.3. The van der Waals surface area contributed by atoms with E-state index in [1.165, 1.54) is 6.92 Å². The Kier molecular flexibility index (Phi) is 5.57. The molecule has 0 aliphatic carbocycles. The van der Waals surface area contributed by atoms with Crippen molar-refractivity contribution in [2.24, 2.45) is 0 Å². The number of benzene rings is 2. The van der Waals surface area contributed by atoms with Crippen LogP contribution >= 0.6 is 11.3 Å². The molecule has 3 rings (SSSR count). The number of ether oxygens (including phenoxy) is 2. The van der Waals surface area contributed by atoms with Crippen LogP contribution in [0.2, 0.25) is 0 Å². The number of fused-ring (bicyclic) bond motifs is 2. The van der Waals surface area contributed by atoms with Crippen LogP contribution in [0.4, 0.5) is 0 Å². The number of carbonyl (C=O) groups is 1. The van der Waals surface area contributed by atoms with E-state index >= 15 is 0 Å². The molecule has 1 heterocycles. The average molecular weight is 370 g/mol. The molecule has 26 heavy (non-hydrogen) atoms. The number of carbonyl (C=O) groups excluding carboxylic acids is 1. The molecule has 0 saturated heterocycles. The van der Waals surface area contributed by atoms with Crippen molar-refractivity contribution in [1.82, 2.24) is 0 Å². The highest BCUT2D eigenvalue weighted by atomic mass is 32.1. The van der Waals surface area contributed by atoms with Crippen LogP contribution < -0.4 is 10.2 Å². The van der Waals surface area contributed by atoms with Crippen LogP contribution in [0.5, 0.6) is 5.75 Å². The summed E-state index contributed by atoms with van der Waals surface area (Å²) in [6.45, 7) is 6.40. The molecule has 4 nitrogen and oxygen atoms in total. The third-order valence-corrected chi connectivity index (χ3v) is 5.79. The summed E-state index contributed by atoms with van der Waals surface area (Å²) < 4.78 is 12.9. The maximum absolute atomic E-state index is 12.9. The number of hydrogen-bond acceptors (Lipinski definition) is 5. The Balaban J connectivity index is 1.86. The third kappa shape index (κ3) is 3.73. The summed E-state index contributed by atoms with van der Waals surface area (Å²) in [6.07, 6.45) is 1.54. The van der Waals surface area contributed by atoms with Gasteiger partial charge in [-0.1, -0.05) is 12.1 Å². The van der Waals surface area contributed by atoms with Gasteiger partial charge >= 0.3 is 5.97 Å². The lowest BCUT2D eigenvalue weighted by molar-refractivity contribution is -0.141. The summed E-state index contributed by atoms with van der Waals surface area (Å²) >= 11 is 1.65. The van der Waals surface area contributed by atoms with Crippen LogP contribution in [0, 0.1) is 13.8 Å². The van der Waals surface area contributed by atoms with Gasteiger partial charge in [-0.25, -0.2) is 0 Å². The molecular weight excluding hydrogens is 348 g/mol. The maximum atomic E-state index is 12.9. The van der Waals surface area contributed by atoms with Gasteiger partial charge in [0.2, 0.25) is 0 Å². The fourth-order valence-corrected chi connectivity index (χ4v) is 4.12. The van der Waals surface area contributed by atoms with Crippen LogP contribution in [0.15, 0.2) is 35.1 Å². The van der Waals surface area contributed by atoms with E-state index in [4.69, 9.17) is 9.47 Å². The van der Waals surface area contributed by atoms with Crippen molar-refractivity contribution in [3.05, 3.63) is 51.7 Å². The summed E-state index contributed by atoms with van der Waals surface area (Å²) in [7, 11) is 0. The quantitative estimate of drug-likeness (QED) is 0.357. The van der Waals surface area contributed by atoms with E-state index in [2.05, 4.69) is 0 Å². The number of rotatable bonds is 6. The van der Waals surface area contributed by atoms with Crippen molar-refractivity contribution in [2.45, 2.75) is 33.6 Å². The first-order valence-corrected chi connectivity index (χ1v) is 9.52. The number of unbranched alkanes of at least 4 members (excludes halogenated alkanes) is 1. The molecule has 0 atom stereocenters. The van der Waals surface area contributed by atoms with Crippen LogP contribution in [-0.4, -0.2) is 19.2 Å². The second kappa shape index (κ2) is 7.87. The van der Waals surface area contributed by atoms with E-state index < -0.39 is 0 Å². The van der Waals surface area contributed by atoms with Gasteiger partial charge in [-0.3, -0.25) is 9.59 Å². The molecule has 0 saturated carbocycles. The maximum Gasteiger partial charge on any atom is 0.302 e. The zero-order valence-corrected chi connectivity index (χ0v) is 16.1. The molecule has 0 N–H and O–H groups in total. The van der Waals surface area contributed by atoms with E-state index in [1.807, 2.05) is 44.2 Å². The minimum absolute atomic E-state index is 0.0529. The molecule has 0 aliphatic rings. The van der Waals surface area contributed by atoms with Crippen molar-refractivity contribution < 1.29 is 14.3 Å². The molecule has 0 unspecified atom stereocenters. The van der Waals surface area contributed by atoms with Crippen molar-refractivity contribution in [3.63, 3.8) is 0 Å². The minimum atomic E-state index is -0.261. The van der Waals surface area contributed by atoms with E-state index in [0.29, 0.717) is 18.6 Å². The van der Waals surface area contributed by atoms with Gasteiger partial charge < -0.3 is 9.47 Å². The Morgan fingerprint density at radius 2 is 1.77 bits per heavy atom. The third-order valence-electron chi connectivity index (χ3n) is 4.48. The molecule has 0 radical (unpaired) electrons. The molecule has 2 aromatic carbocycles. The molecule has 3 aromatic rings. The van der Waals surface area contributed by atoms with Crippen molar-refractivity contribution in [1.29, 1.82) is 0 Å². The van der Waals surface area contributed by atoms with Crippen molar-refractivity contribution in [2.75, 3.05) is 13.2 Å². The lowest BCUT2D eigenvalue weighted by Crippen LogP contribution is -2.06. The Labute approximate surface area is 156 Å². The van der Waals surface area contributed by atoms with Gasteiger partial charge in [-0.2, -0.15) is 0 Å². The van der Waals surface area contributed by atoms with Crippen LogP contribution in [-0.2, 0) is 9.53 Å². The average Bonchev–Trinajstić information content (AvgIpc) is 2.62. The van der Waals surface area contributed by atoms with Gasteiger partial charge in [0.05, 0.1) is 13.2 Å². The lowest BCUT2D eigenvalue weighted by atomic mass is 10.1. The minimum Gasteiger partial charge on any atom is -0.493 e. The zero-order chi connectivity index (χ0) is 18.7. The molecule has 5 heteroatoms. The SMILES string of the molecule is CC(=O)OCCCCOc1cc2c(=O)c3ccccc3sc2c(C)c1C. The summed E-state index contributed by atoms with van der Waals surface area (Å²) in [4.78, 5) is 23.6. The Morgan fingerprint density at radius 1 is 1.04 bits per heavy atom. The highest BCUT2D eigenvalue weighted by molar-refractivity contribution is 7.24. The first kappa shape index (κ1) is 18.4. The molecule has 1 aromatic heterocycles. The second-order valence-electron chi connectivity index (χ2n) is 6.32. The van der Waals surface area contributed by atoms with Crippen molar-refractivity contribution in [3.8, 4) is 5.75 Å².